The number of nitrogens with one attached hydrogen (secondary N) is 1. The quantitative estimate of drug-likeness (QED) is 0.400. The van der Waals surface area contributed by atoms with Crippen LogP contribution in [-0.2, 0) is 11.2 Å². The van der Waals surface area contributed by atoms with E-state index in [0.29, 0.717) is 50.5 Å². The SMILES string of the molecule is NCCC(=O)N1CCN(c2cnc(=O)[nH]c2CC(=O)c2nc(Cl)c(N)nc2N)CC1. The van der Waals surface area contributed by atoms with Gasteiger partial charge in [0, 0.05) is 39.1 Å². The molecular weight excluding hydrogens is 414 g/mol. The number of nitrogens with two attached hydrogens (primary N) is 3. The molecule has 1 fully saturated rings. The summed E-state index contributed by atoms with van der Waals surface area (Å²) in [6.07, 6.45) is 1.51. The second kappa shape index (κ2) is 9.05. The molecule has 1 aliphatic rings. The fourth-order valence-corrected chi connectivity index (χ4v) is 3.33. The number of carbonyl (C=O) groups is 2. The molecule has 7 N–H and O–H groups in total. The summed E-state index contributed by atoms with van der Waals surface area (Å²) >= 11 is 5.85. The monoisotopic (exact) mass is 435 g/mol. The van der Waals surface area contributed by atoms with E-state index in [4.69, 9.17) is 28.8 Å². The van der Waals surface area contributed by atoms with Gasteiger partial charge in [-0.2, -0.15) is 4.98 Å². The fourth-order valence-electron chi connectivity index (χ4n) is 3.20. The van der Waals surface area contributed by atoms with E-state index in [1.54, 1.807) is 4.90 Å². The molecular formula is C17H22ClN9O3. The summed E-state index contributed by atoms with van der Waals surface area (Å²) in [5, 5.41) is -0.130. The highest BCUT2D eigenvalue weighted by atomic mass is 35.5. The van der Waals surface area contributed by atoms with Gasteiger partial charge < -0.3 is 32.0 Å². The standard InChI is InChI=1S/C17H22ClN9O3/c18-14-16(21)25-15(20)13(24-14)11(28)7-9-10(8-22-17(30)23-9)26-3-5-27(6-4-26)12(29)1-2-19/h8H,1-7,19H2,(H4,20,21,25)(H,22,23,30). The van der Waals surface area contributed by atoms with E-state index >= 15 is 0 Å². The minimum Gasteiger partial charge on any atom is -0.382 e. The van der Waals surface area contributed by atoms with E-state index in [1.165, 1.54) is 6.20 Å². The largest absolute Gasteiger partial charge is 0.382 e. The second-order valence-corrected chi connectivity index (χ2v) is 7.05. The Hall–Kier alpha value is -3.25. The molecule has 0 saturated carbocycles. The first-order valence-electron chi connectivity index (χ1n) is 9.22. The van der Waals surface area contributed by atoms with Crippen LogP contribution < -0.4 is 27.8 Å². The Morgan fingerprint density at radius 1 is 1.13 bits per heavy atom. The number of hydrogen-bond acceptors (Lipinski definition) is 10. The van der Waals surface area contributed by atoms with E-state index in [2.05, 4.69) is 19.9 Å². The Labute approximate surface area is 176 Å². The second-order valence-electron chi connectivity index (χ2n) is 6.69. The summed E-state index contributed by atoms with van der Waals surface area (Å²) in [6.45, 7) is 2.33. The van der Waals surface area contributed by atoms with Crippen LogP contribution in [0.25, 0.3) is 0 Å². The third-order valence-electron chi connectivity index (χ3n) is 4.71. The third-order valence-corrected chi connectivity index (χ3v) is 4.99. The van der Waals surface area contributed by atoms with Crippen molar-refractivity contribution in [3.05, 3.63) is 33.2 Å². The van der Waals surface area contributed by atoms with Gasteiger partial charge in [0.2, 0.25) is 5.91 Å². The predicted molar refractivity (Wildman–Crippen MR) is 111 cm³/mol. The van der Waals surface area contributed by atoms with Crippen LogP contribution in [0.1, 0.15) is 22.6 Å². The summed E-state index contributed by atoms with van der Waals surface area (Å²) in [5.41, 5.74) is 17.0. The van der Waals surface area contributed by atoms with E-state index < -0.39 is 11.5 Å². The van der Waals surface area contributed by atoms with Crippen LogP contribution in [0.15, 0.2) is 11.0 Å². The van der Waals surface area contributed by atoms with Gasteiger partial charge in [0.25, 0.3) is 0 Å². The minimum absolute atomic E-state index is 0.00132. The predicted octanol–water partition coefficient (Wildman–Crippen LogP) is -1.20. The number of nitrogen functional groups attached to an aromatic ring is 2. The molecule has 0 unspecified atom stereocenters. The molecule has 0 aromatic carbocycles. The molecule has 0 bridgehead atoms. The molecule has 3 rings (SSSR count). The van der Waals surface area contributed by atoms with Gasteiger partial charge in [-0.15, -0.1) is 0 Å². The number of H-pyrrole nitrogens is 1. The zero-order chi connectivity index (χ0) is 21.8. The maximum Gasteiger partial charge on any atom is 0.345 e. The average Bonchev–Trinajstić information content (AvgIpc) is 2.71. The molecule has 0 spiro atoms. The van der Waals surface area contributed by atoms with Crippen molar-refractivity contribution in [1.82, 2.24) is 24.8 Å². The zero-order valence-electron chi connectivity index (χ0n) is 16.1. The molecule has 2 aromatic heterocycles. The number of anilines is 3. The smallest absolute Gasteiger partial charge is 0.345 e. The highest BCUT2D eigenvalue weighted by molar-refractivity contribution is 6.31. The Bertz CT molecular complexity index is 1020. The number of aromatic amines is 1. The van der Waals surface area contributed by atoms with Gasteiger partial charge in [0.1, 0.15) is 0 Å². The minimum atomic E-state index is -0.590. The van der Waals surface area contributed by atoms with E-state index in [-0.39, 0.29) is 34.8 Å². The molecule has 0 aliphatic carbocycles. The summed E-state index contributed by atoms with van der Waals surface area (Å²) in [4.78, 5) is 54.3. The Balaban J connectivity index is 1.80. The van der Waals surface area contributed by atoms with Gasteiger partial charge in [0.05, 0.1) is 24.0 Å². The maximum absolute atomic E-state index is 12.8. The Morgan fingerprint density at radius 3 is 2.50 bits per heavy atom. The van der Waals surface area contributed by atoms with Crippen LogP contribution in [0, 0.1) is 0 Å². The van der Waals surface area contributed by atoms with Crippen molar-refractivity contribution in [3.8, 4) is 0 Å². The van der Waals surface area contributed by atoms with Crippen molar-refractivity contribution in [1.29, 1.82) is 0 Å². The van der Waals surface area contributed by atoms with Gasteiger partial charge in [-0.05, 0) is 0 Å². The lowest BCUT2D eigenvalue weighted by Gasteiger charge is -2.36. The number of rotatable bonds is 6. The number of halogens is 1. The molecule has 12 nitrogen and oxygen atoms in total. The lowest BCUT2D eigenvalue weighted by atomic mass is 10.1. The first kappa shape index (κ1) is 21.5. The van der Waals surface area contributed by atoms with Crippen molar-refractivity contribution in [2.75, 3.05) is 49.1 Å². The molecule has 1 aliphatic heterocycles. The number of amides is 1. The Morgan fingerprint density at radius 2 is 1.83 bits per heavy atom. The van der Waals surface area contributed by atoms with E-state index in [9.17, 15) is 14.4 Å². The van der Waals surface area contributed by atoms with Crippen LogP contribution in [-0.4, -0.2) is 69.3 Å². The van der Waals surface area contributed by atoms with Crippen molar-refractivity contribution in [2.45, 2.75) is 12.8 Å². The van der Waals surface area contributed by atoms with Gasteiger partial charge in [-0.1, -0.05) is 11.6 Å². The summed E-state index contributed by atoms with van der Waals surface area (Å²) in [6, 6.07) is 0. The molecule has 0 radical (unpaired) electrons. The van der Waals surface area contributed by atoms with Crippen LogP contribution in [0.5, 0.6) is 0 Å². The molecule has 13 heteroatoms. The van der Waals surface area contributed by atoms with Crippen molar-refractivity contribution in [3.63, 3.8) is 0 Å². The number of Topliss-reactive ketones (excluding diaryl/α,β-unsaturated/α-hetero) is 1. The van der Waals surface area contributed by atoms with Gasteiger partial charge in [0.15, 0.2) is 28.3 Å². The zero-order valence-corrected chi connectivity index (χ0v) is 16.9. The first-order chi connectivity index (χ1) is 14.3. The van der Waals surface area contributed by atoms with Gasteiger partial charge in [-0.25, -0.2) is 14.8 Å². The first-order valence-corrected chi connectivity index (χ1v) is 9.60. The van der Waals surface area contributed by atoms with Gasteiger partial charge in [-0.3, -0.25) is 9.59 Å². The highest BCUT2D eigenvalue weighted by Crippen LogP contribution is 2.22. The van der Waals surface area contributed by atoms with Crippen LogP contribution in [0.3, 0.4) is 0 Å². The number of aromatic nitrogens is 4. The molecule has 30 heavy (non-hydrogen) atoms. The highest BCUT2D eigenvalue weighted by Gasteiger charge is 2.24. The molecule has 160 valence electrons. The van der Waals surface area contributed by atoms with E-state index in [1.807, 2.05) is 4.90 Å². The summed E-state index contributed by atoms with van der Waals surface area (Å²) in [5.74, 6) is -0.708. The lowest BCUT2D eigenvalue weighted by Crippen LogP contribution is -2.49. The molecule has 0 atom stereocenters. The fraction of sp³-hybridized carbons (Fsp3) is 0.412. The van der Waals surface area contributed by atoms with Gasteiger partial charge >= 0.3 is 5.69 Å². The maximum atomic E-state index is 12.8. The number of carbonyl (C=O) groups excluding carboxylic acids is 2. The van der Waals surface area contributed by atoms with Crippen molar-refractivity contribution >= 4 is 40.6 Å². The topological polar surface area (TPSA) is 190 Å². The molecule has 2 aromatic rings. The van der Waals surface area contributed by atoms with Crippen LogP contribution in [0.4, 0.5) is 17.3 Å². The normalized spacial score (nSPS) is 14.1. The van der Waals surface area contributed by atoms with Crippen molar-refractivity contribution in [2.24, 2.45) is 5.73 Å². The third kappa shape index (κ3) is 4.66. The summed E-state index contributed by atoms with van der Waals surface area (Å²) in [7, 11) is 0. The number of ketones is 1. The summed E-state index contributed by atoms with van der Waals surface area (Å²) < 4.78 is 0. The number of hydrogen-bond donors (Lipinski definition) is 4. The molecule has 1 saturated heterocycles. The average molecular weight is 436 g/mol. The number of piperazine rings is 1. The van der Waals surface area contributed by atoms with E-state index in [0.717, 1.165) is 0 Å². The molecule has 1 amide bonds. The van der Waals surface area contributed by atoms with Crippen molar-refractivity contribution < 1.29 is 9.59 Å². The number of nitrogens with zero attached hydrogens (tertiary/aromatic N) is 5. The Kier molecular flexibility index (Phi) is 6.47. The molecule has 3 heterocycles. The van der Waals surface area contributed by atoms with Crippen LogP contribution in [0.2, 0.25) is 5.15 Å². The van der Waals surface area contributed by atoms with Crippen LogP contribution >= 0.6 is 11.6 Å². The lowest BCUT2D eigenvalue weighted by molar-refractivity contribution is -0.131.